The molecule has 0 bridgehead atoms. The SMILES string of the molecule is CCC1Oc2ccc(-c3csc(-c4ccccn4)n3)cc2N(C(C)C(=O)O)C1=O. The highest BCUT2D eigenvalue weighted by molar-refractivity contribution is 7.13. The third-order valence-electron chi connectivity index (χ3n) is 4.80. The number of hydrogen-bond acceptors (Lipinski definition) is 6. The maximum absolute atomic E-state index is 12.8. The maximum atomic E-state index is 12.8. The van der Waals surface area contributed by atoms with Gasteiger partial charge in [0.25, 0.3) is 5.91 Å². The minimum absolute atomic E-state index is 0.348. The zero-order valence-corrected chi connectivity index (χ0v) is 16.7. The number of carboxylic acid groups (broad SMARTS) is 1. The van der Waals surface area contributed by atoms with Crippen molar-refractivity contribution in [2.24, 2.45) is 0 Å². The number of carbonyl (C=O) groups excluding carboxylic acids is 1. The second kappa shape index (κ2) is 7.63. The Labute approximate surface area is 171 Å². The van der Waals surface area contributed by atoms with E-state index >= 15 is 0 Å². The highest BCUT2D eigenvalue weighted by Crippen LogP contribution is 2.39. The largest absolute Gasteiger partial charge is 0.480 e. The van der Waals surface area contributed by atoms with Gasteiger partial charge in [0, 0.05) is 17.1 Å². The highest BCUT2D eigenvalue weighted by atomic mass is 32.1. The number of aliphatic carboxylic acids is 1. The molecule has 1 aliphatic rings. The van der Waals surface area contributed by atoms with Crippen molar-refractivity contribution in [1.82, 2.24) is 9.97 Å². The Morgan fingerprint density at radius 2 is 2.14 bits per heavy atom. The zero-order valence-electron chi connectivity index (χ0n) is 15.9. The van der Waals surface area contributed by atoms with Crippen LogP contribution in [0.25, 0.3) is 22.0 Å². The van der Waals surface area contributed by atoms with E-state index in [0.717, 1.165) is 22.0 Å². The molecular weight excluding hydrogens is 390 g/mol. The van der Waals surface area contributed by atoms with Gasteiger partial charge in [-0.05, 0) is 43.7 Å². The third kappa shape index (κ3) is 3.47. The molecule has 0 fully saturated rings. The summed E-state index contributed by atoms with van der Waals surface area (Å²) in [6, 6.07) is 10.0. The maximum Gasteiger partial charge on any atom is 0.326 e. The average Bonchev–Trinajstić information content (AvgIpc) is 3.23. The molecule has 0 aliphatic carbocycles. The second-order valence-electron chi connectivity index (χ2n) is 6.67. The standard InChI is InChI=1S/C21H19N3O4S/c1-3-17-20(25)24(12(2)21(26)27)16-10-13(7-8-18(16)28-17)15-11-29-19(23-15)14-6-4-5-9-22-14/h4-12,17H,3H2,1-2H3,(H,26,27). The van der Waals surface area contributed by atoms with Gasteiger partial charge in [-0.3, -0.25) is 14.7 Å². The van der Waals surface area contributed by atoms with Crippen molar-refractivity contribution >= 4 is 28.9 Å². The second-order valence-corrected chi connectivity index (χ2v) is 7.53. The number of carbonyl (C=O) groups is 2. The number of anilines is 1. The van der Waals surface area contributed by atoms with Crippen LogP contribution in [0.5, 0.6) is 5.75 Å². The highest BCUT2D eigenvalue weighted by Gasteiger charge is 2.38. The van der Waals surface area contributed by atoms with E-state index in [4.69, 9.17) is 4.74 Å². The molecule has 0 saturated heterocycles. The Morgan fingerprint density at radius 1 is 1.31 bits per heavy atom. The van der Waals surface area contributed by atoms with Crippen molar-refractivity contribution in [2.45, 2.75) is 32.4 Å². The minimum atomic E-state index is -1.07. The minimum Gasteiger partial charge on any atom is -0.480 e. The first kappa shape index (κ1) is 19.1. The van der Waals surface area contributed by atoms with E-state index in [2.05, 4.69) is 9.97 Å². The van der Waals surface area contributed by atoms with Crippen molar-refractivity contribution < 1.29 is 19.4 Å². The molecule has 0 spiro atoms. The summed E-state index contributed by atoms with van der Waals surface area (Å²) in [7, 11) is 0. The summed E-state index contributed by atoms with van der Waals surface area (Å²) < 4.78 is 5.81. The van der Waals surface area contributed by atoms with Gasteiger partial charge in [-0.2, -0.15) is 0 Å². The van der Waals surface area contributed by atoms with E-state index in [0.29, 0.717) is 17.9 Å². The number of fused-ring (bicyclic) bond motifs is 1. The lowest BCUT2D eigenvalue weighted by molar-refractivity contribution is -0.140. The smallest absolute Gasteiger partial charge is 0.326 e. The molecular formula is C21H19N3O4S. The molecule has 148 valence electrons. The molecule has 7 nitrogen and oxygen atoms in total. The van der Waals surface area contributed by atoms with Crippen molar-refractivity contribution in [3.05, 3.63) is 48.0 Å². The molecule has 0 radical (unpaired) electrons. The van der Waals surface area contributed by atoms with Gasteiger partial charge in [0.15, 0.2) is 6.10 Å². The van der Waals surface area contributed by atoms with Gasteiger partial charge in [-0.25, -0.2) is 9.78 Å². The number of rotatable bonds is 5. The molecule has 4 rings (SSSR count). The normalized spacial score (nSPS) is 16.8. The van der Waals surface area contributed by atoms with E-state index in [9.17, 15) is 14.7 Å². The fourth-order valence-electron chi connectivity index (χ4n) is 3.22. The van der Waals surface area contributed by atoms with Gasteiger partial charge in [0.2, 0.25) is 0 Å². The lowest BCUT2D eigenvalue weighted by atomic mass is 10.1. The quantitative estimate of drug-likeness (QED) is 0.688. The summed E-state index contributed by atoms with van der Waals surface area (Å²) >= 11 is 1.47. The molecule has 1 N–H and O–H groups in total. The number of ether oxygens (including phenoxy) is 1. The predicted molar refractivity (Wildman–Crippen MR) is 110 cm³/mol. The van der Waals surface area contributed by atoms with Gasteiger partial charge in [0.1, 0.15) is 16.8 Å². The molecule has 1 aliphatic heterocycles. The van der Waals surface area contributed by atoms with Crippen molar-refractivity contribution in [2.75, 3.05) is 4.90 Å². The third-order valence-corrected chi connectivity index (χ3v) is 5.66. The summed E-state index contributed by atoms with van der Waals surface area (Å²) in [5, 5.41) is 12.2. The molecule has 2 unspecified atom stereocenters. The van der Waals surface area contributed by atoms with E-state index in [1.807, 2.05) is 36.6 Å². The summed E-state index contributed by atoms with van der Waals surface area (Å²) in [5.41, 5.74) is 2.73. The van der Waals surface area contributed by atoms with Crippen molar-refractivity contribution in [3.8, 4) is 27.7 Å². The van der Waals surface area contributed by atoms with Crippen molar-refractivity contribution in [3.63, 3.8) is 0 Å². The fourth-order valence-corrected chi connectivity index (χ4v) is 4.03. The number of nitrogens with zero attached hydrogens (tertiary/aromatic N) is 3. The predicted octanol–water partition coefficient (Wildman–Crippen LogP) is 3.85. The van der Waals surface area contributed by atoms with Crippen LogP contribution in [0.1, 0.15) is 20.3 Å². The molecule has 29 heavy (non-hydrogen) atoms. The Morgan fingerprint density at radius 3 is 2.83 bits per heavy atom. The number of thiazole rings is 1. The van der Waals surface area contributed by atoms with Crippen LogP contribution in [0.15, 0.2) is 48.0 Å². The van der Waals surface area contributed by atoms with Crippen LogP contribution in [-0.4, -0.2) is 39.1 Å². The van der Waals surface area contributed by atoms with Crippen LogP contribution < -0.4 is 9.64 Å². The van der Waals surface area contributed by atoms with E-state index < -0.39 is 18.1 Å². The Hall–Kier alpha value is -3.26. The number of carboxylic acids is 1. The Kier molecular flexibility index (Phi) is 5.02. The molecule has 0 saturated carbocycles. The van der Waals surface area contributed by atoms with Crippen molar-refractivity contribution in [1.29, 1.82) is 0 Å². The summed E-state index contributed by atoms with van der Waals surface area (Å²) in [6.07, 6.45) is 1.49. The summed E-state index contributed by atoms with van der Waals surface area (Å²) in [6.45, 7) is 3.33. The van der Waals surface area contributed by atoms with Gasteiger partial charge in [-0.15, -0.1) is 11.3 Å². The van der Waals surface area contributed by atoms with Gasteiger partial charge < -0.3 is 9.84 Å². The van der Waals surface area contributed by atoms with Gasteiger partial charge in [-0.1, -0.05) is 13.0 Å². The van der Waals surface area contributed by atoms with Crippen LogP contribution in [0, 0.1) is 0 Å². The monoisotopic (exact) mass is 409 g/mol. The summed E-state index contributed by atoms with van der Waals surface area (Å²) in [5.74, 6) is -0.925. The Bertz CT molecular complexity index is 1070. The number of aromatic nitrogens is 2. The topological polar surface area (TPSA) is 92.6 Å². The number of hydrogen-bond donors (Lipinski definition) is 1. The van der Waals surface area contributed by atoms with E-state index in [1.165, 1.54) is 23.2 Å². The zero-order chi connectivity index (χ0) is 20.5. The Balaban J connectivity index is 1.75. The van der Waals surface area contributed by atoms with Crippen LogP contribution in [0.2, 0.25) is 0 Å². The molecule has 1 aromatic carbocycles. The first-order valence-electron chi connectivity index (χ1n) is 9.23. The lowest BCUT2D eigenvalue weighted by Crippen LogP contribution is -2.52. The van der Waals surface area contributed by atoms with Crippen LogP contribution in [-0.2, 0) is 9.59 Å². The molecule has 3 heterocycles. The number of amides is 1. The summed E-state index contributed by atoms with van der Waals surface area (Å²) in [4.78, 5) is 34.7. The molecule has 8 heteroatoms. The molecule has 2 atom stereocenters. The van der Waals surface area contributed by atoms with E-state index in [-0.39, 0.29) is 5.91 Å². The van der Waals surface area contributed by atoms with Gasteiger partial charge in [0.05, 0.1) is 17.1 Å². The number of benzene rings is 1. The average molecular weight is 409 g/mol. The first-order chi connectivity index (χ1) is 14.0. The molecule has 1 amide bonds. The van der Waals surface area contributed by atoms with Crippen LogP contribution >= 0.6 is 11.3 Å². The number of pyridine rings is 1. The van der Waals surface area contributed by atoms with E-state index in [1.54, 1.807) is 18.3 Å². The van der Waals surface area contributed by atoms with Crippen LogP contribution in [0.3, 0.4) is 0 Å². The molecule has 3 aromatic rings. The van der Waals surface area contributed by atoms with Crippen LogP contribution in [0.4, 0.5) is 5.69 Å². The molecule has 2 aromatic heterocycles. The van der Waals surface area contributed by atoms with Gasteiger partial charge >= 0.3 is 5.97 Å². The fraction of sp³-hybridized carbons (Fsp3) is 0.238. The first-order valence-corrected chi connectivity index (χ1v) is 10.1. The lowest BCUT2D eigenvalue weighted by Gasteiger charge is -2.36.